The summed E-state index contributed by atoms with van der Waals surface area (Å²) in [6.07, 6.45) is 14.2. The van der Waals surface area contributed by atoms with Crippen molar-refractivity contribution in [3.05, 3.63) is 69.4 Å². The van der Waals surface area contributed by atoms with E-state index in [1.807, 2.05) is 59.8 Å². The first-order valence-electron chi connectivity index (χ1n) is 17.9. The second-order valence-electron chi connectivity index (χ2n) is 15.3. The third-order valence-electron chi connectivity index (χ3n) is 9.63. The fourth-order valence-corrected chi connectivity index (χ4v) is 7.03. The molecule has 276 valence electrons. The van der Waals surface area contributed by atoms with E-state index in [1.54, 1.807) is 12.2 Å². The van der Waals surface area contributed by atoms with Gasteiger partial charge in [0.25, 0.3) is 0 Å². The van der Waals surface area contributed by atoms with Gasteiger partial charge in [0.2, 0.25) is 0 Å². The Kier molecular flexibility index (Phi) is 12.1. The summed E-state index contributed by atoms with van der Waals surface area (Å²) in [5, 5.41) is 9.24. The lowest BCUT2D eigenvalue weighted by atomic mass is 9.68. The second kappa shape index (κ2) is 15.6. The number of carbonyl (C=O) groups excluding carboxylic acids is 3. The molecule has 0 fully saturated rings. The highest BCUT2D eigenvalue weighted by atomic mass is 16.5. The molecule has 0 spiro atoms. The minimum Gasteiger partial charge on any atom is -0.482 e. The van der Waals surface area contributed by atoms with Gasteiger partial charge in [-0.1, -0.05) is 42.4 Å². The Hall–Kier alpha value is -4.24. The molecule has 1 aliphatic carbocycles. The SMILES string of the molecule is CC[C@H]1C=C2C(=O)c3c(OC(C)=O)c4c(c(CC=C(C)C)c3O[C@]2(CC(C)(C)OCCC=C(C)C(=O)O)CC1=O)OC(C)(CCC=C(C)C)C=C4. The number of hydrogen-bond donors (Lipinski definition) is 1. The fraction of sp³-hybridized carbons (Fsp3) is 0.524. The number of allylic oxidation sites excluding steroid dienone is 5. The van der Waals surface area contributed by atoms with Crippen molar-refractivity contribution in [2.24, 2.45) is 5.92 Å². The molecule has 0 saturated carbocycles. The van der Waals surface area contributed by atoms with Crippen molar-refractivity contribution in [1.29, 1.82) is 0 Å². The Bertz CT molecular complexity index is 1740. The lowest BCUT2D eigenvalue weighted by Gasteiger charge is -2.47. The van der Waals surface area contributed by atoms with Crippen molar-refractivity contribution in [3.63, 3.8) is 0 Å². The standard InChI is InChI=1S/C42H54O9/c1-11-29-22-32-35(45)34-37(49-28(7)43)31-18-20-41(10,19-12-14-25(2)3)50-36(31)30(17-16-26(4)5)38(34)51-42(32,23-33(29)44)24-40(8,9)48-21-13-15-27(6)39(46)47/h14-16,18,20,22,29H,11-13,17,19,21,23-24H2,1-10H3,(H,46,47)/t29-,41?,42-/m0/s1. The van der Waals surface area contributed by atoms with E-state index in [9.17, 15) is 24.3 Å². The van der Waals surface area contributed by atoms with Gasteiger partial charge in [-0.05, 0) is 99.6 Å². The summed E-state index contributed by atoms with van der Waals surface area (Å²) < 4.78 is 26.1. The van der Waals surface area contributed by atoms with Crippen molar-refractivity contribution in [2.45, 2.75) is 131 Å². The van der Waals surface area contributed by atoms with Crippen LogP contribution >= 0.6 is 0 Å². The zero-order valence-corrected chi connectivity index (χ0v) is 31.9. The Morgan fingerprint density at radius 1 is 1.00 bits per heavy atom. The lowest BCUT2D eigenvalue weighted by Crippen LogP contribution is -2.54. The summed E-state index contributed by atoms with van der Waals surface area (Å²) in [6.45, 7) is 18.8. The monoisotopic (exact) mass is 702 g/mol. The molecule has 2 aliphatic heterocycles. The number of esters is 1. The van der Waals surface area contributed by atoms with Crippen molar-refractivity contribution in [2.75, 3.05) is 6.61 Å². The summed E-state index contributed by atoms with van der Waals surface area (Å²) in [4.78, 5) is 52.6. The molecule has 4 rings (SSSR count). The van der Waals surface area contributed by atoms with Crippen LogP contribution in [0.15, 0.2) is 52.7 Å². The fourth-order valence-electron chi connectivity index (χ4n) is 7.03. The van der Waals surface area contributed by atoms with Crippen LogP contribution in [0.5, 0.6) is 17.2 Å². The van der Waals surface area contributed by atoms with E-state index in [4.69, 9.17) is 18.9 Å². The molecule has 0 radical (unpaired) electrons. The molecule has 1 aromatic rings. The van der Waals surface area contributed by atoms with Gasteiger partial charge in [-0.25, -0.2) is 4.79 Å². The van der Waals surface area contributed by atoms with E-state index in [0.29, 0.717) is 48.1 Å². The molecule has 51 heavy (non-hydrogen) atoms. The maximum Gasteiger partial charge on any atom is 0.330 e. The van der Waals surface area contributed by atoms with Gasteiger partial charge in [0.15, 0.2) is 11.5 Å². The van der Waals surface area contributed by atoms with Crippen LogP contribution in [0.4, 0.5) is 0 Å². The number of aliphatic carboxylic acids is 1. The molecule has 0 bridgehead atoms. The topological polar surface area (TPSA) is 125 Å². The minimum absolute atomic E-state index is 0.0386. The summed E-state index contributed by atoms with van der Waals surface area (Å²) >= 11 is 0. The molecular formula is C42H54O9. The van der Waals surface area contributed by atoms with Gasteiger partial charge in [0.05, 0.1) is 24.2 Å². The van der Waals surface area contributed by atoms with Crippen molar-refractivity contribution < 1.29 is 43.2 Å². The molecule has 9 heteroatoms. The Labute approximate surface area is 302 Å². The summed E-state index contributed by atoms with van der Waals surface area (Å²) in [5.74, 6) is -1.66. The first-order valence-corrected chi connectivity index (χ1v) is 17.9. The number of carboxylic acid groups (broad SMARTS) is 1. The first-order chi connectivity index (χ1) is 23.8. The highest BCUT2D eigenvalue weighted by Gasteiger charge is 2.55. The molecule has 9 nitrogen and oxygen atoms in total. The highest BCUT2D eigenvalue weighted by molar-refractivity contribution is 6.17. The Balaban J connectivity index is 1.93. The molecule has 2 heterocycles. The number of ketones is 2. The number of Topliss-reactive ketones (excluding diaryl/α,β-unsaturated/α-hetero) is 2. The number of hydrogen-bond acceptors (Lipinski definition) is 8. The maximum atomic E-state index is 15.0. The third-order valence-corrected chi connectivity index (χ3v) is 9.63. The predicted molar refractivity (Wildman–Crippen MR) is 197 cm³/mol. The van der Waals surface area contributed by atoms with Crippen LogP contribution in [0.1, 0.15) is 129 Å². The molecule has 1 N–H and O–H groups in total. The van der Waals surface area contributed by atoms with Crippen LogP contribution < -0.4 is 14.2 Å². The average Bonchev–Trinajstić information content (AvgIpc) is 3.01. The molecule has 0 saturated heterocycles. The Morgan fingerprint density at radius 3 is 2.29 bits per heavy atom. The van der Waals surface area contributed by atoms with E-state index >= 15 is 0 Å². The highest BCUT2D eigenvalue weighted by Crippen LogP contribution is 2.56. The van der Waals surface area contributed by atoms with E-state index < -0.39 is 34.7 Å². The van der Waals surface area contributed by atoms with Gasteiger partial charge in [-0.15, -0.1) is 0 Å². The smallest absolute Gasteiger partial charge is 0.330 e. The van der Waals surface area contributed by atoms with Gasteiger partial charge in [0.1, 0.15) is 34.0 Å². The third kappa shape index (κ3) is 8.98. The van der Waals surface area contributed by atoms with Crippen LogP contribution in [0.25, 0.3) is 6.08 Å². The molecule has 3 aliphatic rings. The number of carboxylic acids is 1. The quantitative estimate of drug-likeness (QED) is 0.0665. The van der Waals surface area contributed by atoms with E-state index in [2.05, 4.69) is 19.9 Å². The molecule has 0 aromatic heterocycles. The normalized spacial score (nSPS) is 22.4. The van der Waals surface area contributed by atoms with Crippen molar-refractivity contribution in [3.8, 4) is 17.2 Å². The first kappa shape index (κ1) is 39.5. The van der Waals surface area contributed by atoms with E-state index in [1.165, 1.54) is 19.4 Å². The zero-order valence-electron chi connectivity index (χ0n) is 31.9. The summed E-state index contributed by atoms with van der Waals surface area (Å²) in [5.41, 5.74) is 1.15. The largest absolute Gasteiger partial charge is 0.482 e. The number of ether oxygens (including phenoxy) is 4. The average molecular weight is 703 g/mol. The van der Waals surface area contributed by atoms with Gasteiger partial charge >= 0.3 is 11.9 Å². The second-order valence-corrected chi connectivity index (χ2v) is 15.3. The number of carbonyl (C=O) groups is 4. The van der Waals surface area contributed by atoms with Crippen LogP contribution in [0.2, 0.25) is 0 Å². The molecule has 0 amide bonds. The molecule has 1 aromatic carbocycles. The van der Waals surface area contributed by atoms with E-state index in [0.717, 1.165) is 12.0 Å². The van der Waals surface area contributed by atoms with Gasteiger partial charge < -0.3 is 24.1 Å². The lowest BCUT2D eigenvalue weighted by molar-refractivity contribution is -0.133. The van der Waals surface area contributed by atoms with Crippen molar-refractivity contribution >= 4 is 29.6 Å². The zero-order chi connectivity index (χ0) is 37.9. The minimum atomic E-state index is -1.37. The summed E-state index contributed by atoms with van der Waals surface area (Å²) in [7, 11) is 0. The number of benzene rings is 1. The number of fused-ring (bicyclic) bond motifs is 3. The maximum absolute atomic E-state index is 15.0. The predicted octanol–water partition coefficient (Wildman–Crippen LogP) is 8.88. The van der Waals surface area contributed by atoms with Crippen LogP contribution in [0, 0.1) is 5.92 Å². The summed E-state index contributed by atoms with van der Waals surface area (Å²) in [6, 6.07) is 0. The van der Waals surface area contributed by atoms with Gasteiger partial charge in [0, 0.05) is 36.0 Å². The Morgan fingerprint density at radius 2 is 1.69 bits per heavy atom. The van der Waals surface area contributed by atoms with Crippen LogP contribution in [0.3, 0.4) is 0 Å². The number of rotatable bonds is 14. The van der Waals surface area contributed by atoms with E-state index in [-0.39, 0.29) is 53.7 Å². The van der Waals surface area contributed by atoms with Crippen LogP contribution in [-0.4, -0.2) is 52.0 Å². The molecule has 3 atom stereocenters. The van der Waals surface area contributed by atoms with Gasteiger partial charge in [-0.2, -0.15) is 0 Å². The molecule has 1 unspecified atom stereocenters. The van der Waals surface area contributed by atoms with Crippen LogP contribution in [-0.2, 0) is 25.5 Å². The van der Waals surface area contributed by atoms with Crippen molar-refractivity contribution in [1.82, 2.24) is 0 Å². The molecular weight excluding hydrogens is 648 g/mol. The van der Waals surface area contributed by atoms with Gasteiger partial charge in [-0.3, -0.25) is 14.4 Å².